The van der Waals surface area contributed by atoms with Crippen LogP contribution in [-0.4, -0.2) is 29.3 Å². The molecule has 16 heavy (non-hydrogen) atoms. The Morgan fingerprint density at radius 3 is 3.00 bits per heavy atom. The van der Waals surface area contributed by atoms with Gasteiger partial charge in [0, 0.05) is 10.6 Å². The van der Waals surface area contributed by atoms with Crippen LogP contribution in [0.25, 0.3) is 0 Å². The first-order valence-corrected chi connectivity index (χ1v) is 5.61. The zero-order chi connectivity index (χ0) is 11.7. The Labute approximate surface area is 96.2 Å². The number of nitrogens with zero attached hydrogens (tertiary/aromatic N) is 1. The average molecular weight is 238 g/mol. The van der Waals surface area contributed by atoms with Gasteiger partial charge in [-0.15, -0.1) is 11.8 Å². The Bertz CT molecular complexity index is 461. The van der Waals surface area contributed by atoms with Gasteiger partial charge >= 0.3 is 0 Å². The van der Waals surface area contributed by atoms with Crippen molar-refractivity contribution in [2.45, 2.75) is 4.90 Å². The predicted octanol–water partition coefficient (Wildman–Crippen LogP) is 0.226. The molecule has 0 atom stereocenters. The van der Waals surface area contributed by atoms with Crippen molar-refractivity contribution in [1.82, 2.24) is 0 Å². The van der Waals surface area contributed by atoms with Crippen molar-refractivity contribution in [1.29, 1.82) is 0 Å². The van der Waals surface area contributed by atoms with Gasteiger partial charge in [0.05, 0.1) is 11.4 Å². The normalized spacial score (nSPS) is 14.8. The zero-order valence-corrected chi connectivity index (χ0v) is 9.16. The number of rotatable bonds is 1. The summed E-state index contributed by atoms with van der Waals surface area (Å²) in [6, 6.07) is 5.04. The minimum atomic E-state index is -0.690. The molecule has 5 nitrogen and oxygen atoms in total. The van der Waals surface area contributed by atoms with Crippen molar-refractivity contribution in [2.75, 3.05) is 23.0 Å². The molecule has 6 heteroatoms. The molecular weight excluding hydrogens is 228 g/mol. The lowest BCUT2D eigenvalue weighted by Crippen LogP contribution is -2.42. The number of anilines is 2. The number of fused-ring (bicyclic) bond motifs is 1. The third kappa shape index (κ3) is 1.77. The highest BCUT2D eigenvalue weighted by molar-refractivity contribution is 8.00. The number of hydrogen-bond acceptors (Lipinski definition) is 5. The van der Waals surface area contributed by atoms with E-state index in [4.69, 9.17) is 10.8 Å². The molecule has 0 saturated heterocycles. The molecule has 0 aromatic heterocycles. The van der Waals surface area contributed by atoms with Crippen LogP contribution < -0.4 is 10.6 Å². The molecule has 1 aromatic rings. The average Bonchev–Trinajstić information content (AvgIpc) is 2.28. The highest BCUT2D eigenvalue weighted by Gasteiger charge is 2.29. The number of hydrogen-bond donors (Lipinski definition) is 2. The van der Waals surface area contributed by atoms with E-state index in [2.05, 4.69) is 0 Å². The topological polar surface area (TPSA) is 83.6 Å². The number of nitrogen functional groups attached to an aromatic ring is 1. The standard InChI is InChI=1S/C10H10N2O3S/c11-6-1-2-8-7(3-6)12(9(14)4-13)10(15)5-16-8/h1-3,13H,4-5,11H2. The molecule has 0 fully saturated rings. The highest BCUT2D eigenvalue weighted by Crippen LogP contribution is 2.36. The fourth-order valence-electron chi connectivity index (χ4n) is 1.51. The molecule has 84 valence electrons. The van der Waals surface area contributed by atoms with Crippen LogP contribution in [0.1, 0.15) is 0 Å². The summed E-state index contributed by atoms with van der Waals surface area (Å²) in [5.74, 6) is -0.762. The maximum Gasteiger partial charge on any atom is 0.259 e. The van der Waals surface area contributed by atoms with E-state index in [1.807, 2.05) is 0 Å². The summed E-state index contributed by atoms with van der Waals surface area (Å²) in [4.78, 5) is 24.9. The number of thioether (sulfide) groups is 1. The lowest BCUT2D eigenvalue weighted by atomic mass is 10.2. The van der Waals surface area contributed by atoms with Crippen LogP contribution in [0.3, 0.4) is 0 Å². The summed E-state index contributed by atoms with van der Waals surface area (Å²) in [5, 5.41) is 8.82. The van der Waals surface area contributed by atoms with Gasteiger partial charge in [0.15, 0.2) is 0 Å². The minimum Gasteiger partial charge on any atom is -0.399 e. The lowest BCUT2D eigenvalue weighted by molar-refractivity contribution is -0.127. The first-order chi connectivity index (χ1) is 7.63. The van der Waals surface area contributed by atoms with E-state index in [9.17, 15) is 9.59 Å². The van der Waals surface area contributed by atoms with E-state index in [-0.39, 0.29) is 11.7 Å². The van der Waals surface area contributed by atoms with E-state index in [0.717, 1.165) is 9.80 Å². The molecule has 3 N–H and O–H groups in total. The number of nitrogens with two attached hydrogens (primary N) is 1. The van der Waals surface area contributed by atoms with Gasteiger partial charge in [-0.1, -0.05) is 0 Å². The Balaban J connectivity index is 2.50. The van der Waals surface area contributed by atoms with E-state index < -0.39 is 12.5 Å². The number of carbonyl (C=O) groups excluding carboxylic acids is 2. The van der Waals surface area contributed by atoms with Crippen LogP contribution in [0.4, 0.5) is 11.4 Å². The van der Waals surface area contributed by atoms with Gasteiger partial charge in [-0.05, 0) is 18.2 Å². The molecule has 1 aliphatic rings. The molecule has 1 aromatic carbocycles. The fraction of sp³-hybridized carbons (Fsp3) is 0.200. The van der Waals surface area contributed by atoms with E-state index >= 15 is 0 Å². The van der Waals surface area contributed by atoms with Gasteiger partial charge in [-0.25, -0.2) is 4.90 Å². The molecular formula is C10H10N2O3S. The number of aliphatic hydroxyl groups excluding tert-OH is 1. The van der Waals surface area contributed by atoms with Gasteiger partial charge in [0.2, 0.25) is 5.91 Å². The second-order valence-electron chi connectivity index (χ2n) is 3.30. The second-order valence-corrected chi connectivity index (χ2v) is 4.31. The van der Waals surface area contributed by atoms with Crippen LogP contribution in [-0.2, 0) is 9.59 Å². The maximum absolute atomic E-state index is 11.6. The first kappa shape index (κ1) is 11.0. The SMILES string of the molecule is Nc1ccc2c(c1)N(C(=O)CO)C(=O)CS2. The van der Waals surface area contributed by atoms with Crippen molar-refractivity contribution in [3.63, 3.8) is 0 Å². The molecule has 0 spiro atoms. The molecule has 0 unspecified atom stereocenters. The number of aliphatic hydroxyl groups is 1. The summed E-state index contributed by atoms with van der Waals surface area (Å²) in [5.41, 5.74) is 6.55. The minimum absolute atomic E-state index is 0.197. The summed E-state index contributed by atoms with van der Waals surface area (Å²) in [6.07, 6.45) is 0. The first-order valence-electron chi connectivity index (χ1n) is 4.62. The monoisotopic (exact) mass is 238 g/mol. The summed E-state index contributed by atoms with van der Waals surface area (Å²) < 4.78 is 0. The molecule has 2 amide bonds. The van der Waals surface area contributed by atoms with Gasteiger partial charge in [-0.2, -0.15) is 0 Å². The molecule has 1 heterocycles. The predicted molar refractivity (Wildman–Crippen MR) is 61.2 cm³/mol. The molecule has 2 rings (SSSR count). The second kappa shape index (κ2) is 4.15. The van der Waals surface area contributed by atoms with Crippen molar-refractivity contribution in [2.24, 2.45) is 0 Å². The van der Waals surface area contributed by atoms with Crippen LogP contribution in [0.5, 0.6) is 0 Å². The highest BCUT2D eigenvalue weighted by atomic mass is 32.2. The van der Waals surface area contributed by atoms with E-state index in [0.29, 0.717) is 11.4 Å². The third-order valence-electron chi connectivity index (χ3n) is 2.21. The third-order valence-corrected chi connectivity index (χ3v) is 3.26. The lowest BCUT2D eigenvalue weighted by Gasteiger charge is -2.26. The number of carbonyl (C=O) groups is 2. The zero-order valence-electron chi connectivity index (χ0n) is 8.34. The summed E-state index contributed by atoms with van der Waals surface area (Å²) in [6.45, 7) is -0.690. The van der Waals surface area contributed by atoms with Gasteiger partial charge in [0.1, 0.15) is 6.61 Å². The molecule has 0 saturated carbocycles. The van der Waals surface area contributed by atoms with Crippen molar-refractivity contribution < 1.29 is 14.7 Å². The van der Waals surface area contributed by atoms with Crippen LogP contribution in [0.15, 0.2) is 23.1 Å². The summed E-state index contributed by atoms with van der Waals surface area (Å²) in [7, 11) is 0. The van der Waals surface area contributed by atoms with Crippen molar-refractivity contribution in [3.05, 3.63) is 18.2 Å². The van der Waals surface area contributed by atoms with Crippen LogP contribution in [0.2, 0.25) is 0 Å². The van der Waals surface area contributed by atoms with Crippen molar-refractivity contribution in [3.8, 4) is 0 Å². The summed E-state index contributed by atoms with van der Waals surface area (Å²) >= 11 is 1.36. The Kier molecular flexibility index (Phi) is 2.84. The quantitative estimate of drug-likeness (QED) is 0.684. The Morgan fingerprint density at radius 2 is 2.31 bits per heavy atom. The van der Waals surface area contributed by atoms with Gasteiger partial charge in [-0.3, -0.25) is 9.59 Å². The van der Waals surface area contributed by atoms with Crippen molar-refractivity contribution >= 4 is 35.0 Å². The van der Waals surface area contributed by atoms with Crippen LogP contribution in [0, 0.1) is 0 Å². The molecule has 0 aliphatic carbocycles. The Hall–Kier alpha value is -1.53. The van der Waals surface area contributed by atoms with E-state index in [1.165, 1.54) is 11.8 Å². The van der Waals surface area contributed by atoms with Crippen LogP contribution >= 0.6 is 11.8 Å². The number of amides is 2. The number of imide groups is 1. The molecule has 0 bridgehead atoms. The molecule has 1 aliphatic heterocycles. The smallest absolute Gasteiger partial charge is 0.259 e. The fourth-order valence-corrected chi connectivity index (χ4v) is 2.38. The molecule has 0 radical (unpaired) electrons. The largest absolute Gasteiger partial charge is 0.399 e. The Morgan fingerprint density at radius 1 is 1.56 bits per heavy atom. The number of benzene rings is 1. The maximum atomic E-state index is 11.6. The van der Waals surface area contributed by atoms with Gasteiger partial charge in [0.25, 0.3) is 5.91 Å². The van der Waals surface area contributed by atoms with Gasteiger partial charge < -0.3 is 10.8 Å². The van der Waals surface area contributed by atoms with E-state index in [1.54, 1.807) is 18.2 Å².